The number of likely N-dealkylation sites (N-methyl/N-ethyl adjacent to an activating group) is 1. The van der Waals surface area contributed by atoms with Gasteiger partial charge in [-0.25, -0.2) is 0 Å². The van der Waals surface area contributed by atoms with Crippen LogP contribution in [0.15, 0.2) is 42.5 Å². The summed E-state index contributed by atoms with van der Waals surface area (Å²) in [6, 6.07) is 13.0. The lowest BCUT2D eigenvalue weighted by Crippen LogP contribution is -2.61. The maximum absolute atomic E-state index is 13.7. The van der Waals surface area contributed by atoms with E-state index in [0.717, 1.165) is 49.7 Å². The van der Waals surface area contributed by atoms with Gasteiger partial charge in [-0.3, -0.25) is 14.9 Å². The Kier molecular flexibility index (Phi) is 5.88. The Labute approximate surface area is 198 Å². The van der Waals surface area contributed by atoms with Gasteiger partial charge in [-0.15, -0.1) is 0 Å². The predicted molar refractivity (Wildman–Crippen MR) is 129 cm³/mol. The van der Waals surface area contributed by atoms with Crippen LogP contribution in [0.25, 0.3) is 0 Å². The van der Waals surface area contributed by atoms with E-state index in [9.17, 15) is 14.9 Å². The summed E-state index contributed by atoms with van der Waals surface area (Å²) in [5.41, 5.74) is 3.10. The van der Waals surface area contributed by atoms with E-state index < -0.39 is 0 Å². The fourth-order valence-electron chi connectivity index (χ4n) is 5.44. The molecule has 1 amide bonds. The molecule has 0 bridgehead atoms. The van der Waals surface area contributed by atoms with Gasteiger partial charge in [0, 0.05) is 74.3 Å². The highest BCUT2D eigenvalue weighted by molar-refractivity contribution is 6.30. The Morgan fingerprint density at radius 1 is 1.06 bits per heavy atom. The Balaban J connectivity index is 1.36. The maximum Gasteiger partial charge on any atom is 0.269 e. The average Bonchev–Trinajstić information content (AvgIpc) is 2.82. The standard InChI is InChI=1S/C24H28ClN5O3/c1-26-7-12-29-22-6-5-20(30(32)33)13-17(22)14-21(23(29)16-26)24(31)28-10-8-27(9-11-28)19-4-2-3-18(25)15-19/h2-6,13,15,21,23H,7-12,14,16H2,1H3/t21-,23-/m1/s1. The summed E-state index contributed by atoms with van der Waals surface area (Å²) in [6.07, 6.45) is 0.541. The molecule has 2 atom stereocenters. The van der Waals surface area contributed by atoms with Crippen LogP contribution in [0.2, 0.25) is 5.02 Å². The van der Waals surface area contributed by atoms with Crippen molar-refractivity contribution >= 4 is 34.6 Å². The molecular weight excluding hydrogens is 442 g/mol. The van der Waals surface area contributed by atoms with Gasteiger partial charge in [-0.05, 0) is 43.3 Å². The SMILES string of the molecule is CN1CCN2c3ccc([N+](=O)[O-])cc3C[C@@H](C(=O)N3CCN(c4cccc(Cl)c4)CC3)[C@H]2C1. The summed E-state index contributed by atoms with van der Waals surface area (Å²) in [7, 11) is 2.09. The molecule has 8 nitrogen and oxygen atoms in total. The summed E-state index contributed by atoms with van der Waals surface area (Å²) in [6.45, 7) is 5.38. The number of piperazine rings is 2. The van der Waals surface area contributed by atoms with Crippen LogP contribution in [-0.2, 0) is 11.2 Å². The number of fused-ring (bicyclic) bond motifs is 3. The van der Waals surface area contributed by atoms with Crippen LogP contribution in [-0.4, -0.2) is 79.5 Å². The quantitative estimate of drug-likeness (QED) is 0.508. The van der Waals surface area contributed by atoms with Crippen LogP contribution >= 0.6 is 11.6 Å². The molecular formula is C24H28ClN5O3. The summed E-state index contributed by atoms with van der Waals surface area (Å²) in [5.74, 6) is -0.0526. The first-order valence-corrected chi connectivity index (χ1v) is 11.8. The van der Waals surface area contributed by atoms with Crippen molar-refractivity contribution in [1.82, 2.24) is 9.80 Å². The van der Waals surface area contributed by atoms with E-state index in [2.05, 4.69) is 21.7 Å². The van der Waals surface area contributed by atoms with Gasteiger partial charge >= 0.3 is 0 Å². The average molecular weight is 470 g/mol. The molecule has 2 fully saturated rings. The first-order chi connectivity index (χ1) is 15.9. The molecule has 5 rings (SSSR count). The van der Waals surface area contributed by atoms with Gasteiger partial charge < -0.3 is 19.6 Å². The van der Waals surface area contributed by atoms with Crippen LogP contribution in [0.4, 0.5) is 17.1 Å². The predicted octanol–water partition coefficient (Wildman–Crippen LogP) is 2.89. The van der Waals surface area contributed by atoms with E-state index in [-0.39, 0.29) is 28.5 Å². The van der Waals surface area contributed by atoms with Crippen molar-refractivity contribution in [3.63, 3.8) is 0 Å². The minimum absolute atomic E-state index is 0.0798. The van der Waals surface area contributed by atoms with Crippen molar-refractivity contribution < 1.29 is 9.72 Å². The van der Waals surface area contributed by atoms with Crippen LogP contribution in [0, 0.1) is 16.0 Å². The van der Waals surface area contributed by atoms with Crippen LogP contribution < -0.4 is 9.80 Å². The molecule has 2 aromatic carbocycles. The number of carbonyl (C=O) groups excluding carboxylic acids is 1. The lowest BCUT2D eigenvalue weighted by molar-refractivity contribution is -0.384. The zero-order valence-electron chi connectivity index (χ0n) is 18.7. The highest BCUT2D eigenvalue weighted by Crippen LogP contribution is 2.38. The number of nitro benzene ring substituents is 1. The van der Waals surface area contributed by atoms with Gasteiger partial charge in [0.2, 0.25) is 5.91 Å². The number of rotatable bonds is 3. The molecule has 9 heteroatoms. The second kappa shape index (κ2) is 8.83. The number of hydrogen-bond donors (Lipinski definition) is 0. The normalized spacial score (nSPS) is 23.2. The Bertz CT molecular complexity index is 1070. The van der Waals surface area contributed by atoms with Crippen molar-refractivity contribution in [3.8, 4) is 0 Å². The zero-order valence-corrected chi connectivity index (χ0v) is 19.4. The third kappa shape index (κ3) is 4.25. The third-order valence-corrected chi connectivity index (χ3v) is 7.43. The fourth-order valence-corrected chi connectivity index (χ4v) is 5.63. The van der Waals surface area contributed by atoms with E-state index in [0.29, 0.717) is 24.5 Å². The van der Waals surface area contributed by atoms with Gasteiger partial charge in [0.1, 0.15) is 0 Å². The van der Waals surface area contributed by atoms with E-state index in [4.69, 9.17) is 11.6 Å². The summed E-state index contributed by atoms with van der Waals surface area (Å²) in [4.78, 5) is 33.5. The minimum atomic E-state index is -0.359. The van der Waals surface area contributed by atoms with Crippen LogP contribution in [0.1, 0.15) is 5.56 Å². The fraction of sp³-hybridized carbons (Fsp3) is 0.458. The summed E-state index contributed by atoms with van der Waals surface area (Å²) >= 11 is 6.15. The first-order valence-electron chi connectivity index (χ1n) is 11.4. The number of non-ortho nitro benzene ring substituents is 1. The van der Waals surface area contributed by atoms with E-state index in [1.807, 2.05) is 35.2 Å². The van der Waals surface area contributed by atoms with Crippen molar-refractivity contribution in [3.05, 3.63) is 63.2 Å². The Hall–Kier alpha value is -2.84. The number of halogens is 1. The van der Waals surface area contributed by atoms with Gasteiger partial charge in [-0.1, -0.05) is 17.7 Å². The number of amides is 1. The highest BCUT2D eigenvalue weighted by Gasteiger charge is 2.43. The minimum Gasteiger partial charge on any atom is -0.368 e. The Morgan fingerprint density at radius 2 is 1.85 bits per heavy atom. The molecule has 2 aromatic rings. The lowest BCUT2D eigenvalue weighted by Gasteiger charge is -2.49. The van der Waals surface area contributed by atoms with E-state index in [1.165, 1.54) is 0 Å². The number of carbonyl (C=O) groups is 1. The molecule has 0 radical (unpaired) electrons. The van der Waals surface area contributed by atoms with Crippen LogP contribution in [0.3, 0.4) is 0 Å². The molecule has 33 heavy (non-hydrogen) atoms. The molecule has 174 valence electrons. The third-order valence-electron chi connectivity index (χ3n) is 7.19. The number of nitro groups is 1. The topological polar surface area (TPSA) is 73.2 Å². The van der Waals surface area contributed by atoms with Gasteiger partial charge in [0.05, 0.1) is 16.9 Å². The molecule has 3 heterocycles. The van der Waals surface area contributed by atoms with Gasteiger partial charge in [-0.2, -0.15) is 0 Å². The second-order valence-electron chi connectivity index (χ2n) is 9.20. The van der Waals surface area contributed by atoms with Crippen molar-refractivity contribution in [2.24, 2.45) is 5.92 Å². The molecule has 2 saturated heterocycles. The largest absolute Gasteiger partial charge is 0.368 e. The van der Waals surface area contributed by atoms with Crippen molar-refractivity contribution in [2.75, 3.05) is 62.7 Å². The molecule has 3 aliphatic rings. The molecule has 0 unspecified atom stereocenters. The number of hydrogen-bond acceptors (Lipinski definition) is 6. The molecule has 0 N–H and O–H groups in total. The molecule has 0 spiro atoms. The first kappa shape index (κ1) is 22.0. The smallest absolute Gasteiger partial charge is 0.269 e. The number of anilines is 2. The molecule has 0 saturated carbocycles. The van der Waals surface area contributed by atoms with Gasteiger partial charge in [0.25, 0.3) is 5.69 Å². The highest BCUT2D eigenvalue weighted by atomic mass is 35.5. The van der Waals surface area contributed by atoms with Gasteiger partial charge in [0.15, 0.2) is 0 Å². The van der Waals surface area contributed by atoms with Crippen molar-refractivity contribution in [2.45, 2.75) is 12.5 Å². The monoisotopic (exact) mass is 469 g/mol. The molecule has 0 aromatic heterocycles. The Morgan fingerprint density at radius 3 is 2.58 bits per heavy atom. The summed E-state index contributed by atoms with van der Waals surface area (Å²) in [5, 5.41) is 12.1. The second-order valence-corrected chi connectivity index (χ2v) is 9.63. The number of benzene rings is 2. The van der Waals surface area contributed by atoms with E-state index in [1.54, 1.807) is 12.1 Å². The zero-order chi connectivity index (χ0) is 23.1. The molecule has 3 aliphatic heterocycles. The lowest BCUT2D eigenvalue weighted by atomic mass is 9.82. The molecule has 0 aliphatic carbocycles. The maximum atomic E-state index is 13.7. The van der Waals surface area contributed by atoms with Crippen LogP contribution in [0.5, 0.6) is 0 Å². The summed E-state index contributed by atoms with van der Waals surface area (Å²) < 4.78 is 0. The van der Waals surface area contributed by atoms with E-state index >= 15 is 0 Å². The number of nitrogens with zero attached hydrogens (tertiary/aromatic N) is 5. The van der Waals surface area contributed by atoms with Crippen molar-refractivity contribution in [1.29, 1.82) is 0 Å².